The van der Waals surface area contributed by atoms with E-state index in [1.165, 1.54) is 43.4 Å². The third-order valence-corrected chi connectivity index (χ3v) is 2.83. The zero-order chi connectivity index (χ0) is 10.9. The van der Waals surface area contributed by atoms with Crippen LogP contribution in [0.25, 0.3) is 0 Å². The lowest BCUT2D eigenvalue weighted by Crippen LogP contribution is -1.91. The minimum absolute atomic E-state index is 1.09. The summed E-state index contributed by atoms with van der Waals surface area (Å²) in [4.78, 5) is 4.47. The molecule has 0 spiro atoms. The second kappa shape index (κ2) is 7.44. The van der Waals surface area contributed by atoms with Crippen LogP contribution in [0, 0.1) is 0 Å². The molecular weight excluding hydrogens is 182 g/mol. The molecule has 0 unspecified atom stereocenters. The van der Waals surface area contributed by atoms with Crippen LogP contribution < -0.4 is 0 Å². The number of rotatable bonds is 7. The van der Waals surface area contributed by atoms with Crippen molar-refractivity contribution in [1.82, 2.24) is 4.98 Å². The van der Waals surface area contributed by atoms with Gasteiger partial charge in [-0.15, -0.1) is 0 Å². The average Bonchev–Trinajstić information content (AvgIpc) is 2.30. The Kier molecular flexibility index (Phi) is 6.06. The van der Waals surface area contributed by atoms with E-state index < -0.39 is 0 Å². The van der Waals surface area contributed by atoms with Gasteiger partial charge in [0.25, 0.3) is 0 Å². The molecule has 0 saturated heterocycles. The maximum absolute atomic E-state index is 4.47. The molecule has 0 saturated carbocycles. The van der Waals surface area contributed by atoms with Crippen molar-refractivity contribution in [1.29, 1.82) is 0 Å². The molecule has 1 aromatic rings. The first-order chi connectivity index (χ1) is 7.36. The summed E-state index contributed by atoms with van der Waals surface area (Å²) in [6, 6.07) is 4.38. The number of aryl methyl sites for hydroxylation is 2. The predicted octanol–water partition coefficient (Wildman–Crippen LogP) is 4.16. The molecule has 0 bridgehead atoms. The van der Waals surface area contributed by atoms with Crippen LogP contribution in [-0.4, -0.2) is 4.98 Å². The number of pyridine rings is 1. The highest BCUT2D eigenvalue weighted by Gasteiger charge is 1.95. The Labute approximate surface area is 93.9 Å². The number of hydrogen-bond donors (Lipinski definition) is 0. The van der Waals surface area contributed by atoms with Gasteiger partial charge in [-0.1, -0.05) is 45.6 Å². The van der Waals surface area contributed by atoms with Crippen LogP contribution in [0.5, 0.6) is 0 Å². The van der Waals surface area contributed by atoms with E-state index in [0.29, 0.717) is 0 Å². The molecule has 0 amide bonds. The Hall–Kier alpha value is -0.850. The Morgan fingerprint density at radius 3 is 2.40 bits per heavy atom. The van der Waals surface area contributed by atoms with E-state index in [4.69, 9.17) is 0 Å². The molecule has 0 aliphatic heterocycles. The van der Waals surface area contributed by atoms with Crippen molar-refractivity contribution in [3.8, 4) is 0 Å². The molecular formula is C14H23N. The van der Waals surface area contributed by atoms with Gasteiger partial charge in [-0.3, -0.25) is 4.98 Å². The molecule has 1 rings (SSSR count). The van der Waals surface area contributed by atoms with Gasteiger partial charge in [0.2, 0.25) is 0 Å². The Balaban J connectivity index is 2.20. The molecule has 84 valence electrons. The lowest BCUT2D eigenvalue weighted by Gasteiger charge is -2.02. The van der Waals surface area contributed by atoms with E-state index in [-0.39, 0.29) is 0 Å². The SMILES string of the molecule is CCCCCCCc1ccc(CC)cn1. The third kappa shape index (κ3) is 4.96. The van der Waals surface area contributed by atoms with Crippen LogP contribution in [0.4, 0.5) is 0 Å². The summed E-state index contributed by atoms with van der Waals surface area (Å²) in [5, 5.41) is 0. The van der Waals surface area contributed by atoms with Crippen LogP contribution in [0.3, 0.4) is 0 Å². The molecule has 0 fully saturated rings. The lowest BCUT2D eigenvalue weighted by molar-refractivity contribution is 0.628. The van der Waals surface area contributed by atoms with Crippen molar-refractivity contribution < 1.29 is 0 Å². The van der Waals surface area contributed by atoms with E-state index in [1.54, 1.807) is 0 Å². The van der Waals surface area contributed by atoms with Gasteiger partial charge < -0.3 is 0 Å². The standard InChI is InChI=1S/C14H23N/c1-3-5-6-7-8-9-14-11-10-13(4-2)12-15-14/h10-12H,3-9H2,1-2H3. The van der Waals surface area contributed by atoms with Gasteiger partial charge in [0.05, 0.1) is 0 Å². The maximum Gasteiger partial charge on any atom is 0.0403 e. The van der Waals surface area contributed by atoms with Crippen LogP contribution in [-0.2, 0) is 12.8 Å². The van der Waals surface area contributed by atoms with E-state index in [0.717, 1.165) is 12.8 Å². The summed E-state index contributed by atoms with van der Waals surface area (Å²) < 4.78 is 0. The van der Waals surface area contributed by atoms with Gasteiger partial charge in [0, 0.05) is 11.9 Å². The van der Waals surface area contributed by atoms with Gasteiger partial charge in [0.1, 0.15) is 0 Å². The summed E-state index contributed by atoms with van der Waals surface area (Å²) in [6.45, 7) is 4.42. The van der Waals surface area contributed by atoms with Crippen LogP contribution in [0.2, 0.25) is 0 Å². The Morgan fingerprint density at radius 1 is 1.00 bits per heavy atom. The molecule has 1 nitrogen and oxygen atoms in total. The highest BCUT2D eigenvalue weighted by atomic mass is 14.7. The number of hydrogen-bond acceptors (Lipinski definition) is 1. The minimum atomic E-state index is 1.09. The topological polar surface area (TPSA) is 12.9 Å². The molecule has 1 heterocycles. The molecule has 0 radical (unpaired) electrons. The second-order valence-corrected chi connectivity index (χ2v) is 4.18. The molecule has 1 aromatic heterocycles. The van der Waals surface area contributed by atoms with Gasteiger partial charge in [-0.25, -0.2) is 0 Å². The van der Waals surface area contributed by atoms with Gasteiger partial charge >= 0.3 is 0 Å². The zero-order valence-corrected chi connectivity index (χ0v) is 10.1. The largest absolute Gasteiger partial charge is 0.261 e. The van der Waals surface area contributed by atoms with Crippen molar-refractivity contribution in [2.24, 2.45) is 0 Å². The molecule has 0 aromatic carbocycles. The van der Waals surface area contributed by atoms with E-state index in [9.17, 15) is 0 Å². The molecule has 0 aliphatic carbocycles. The molecule has 0 atom stereocenters. The van der Waals surface area contributed by atoms with E-state index in [2.05, 4.69) is 31.0 Å². The summed E-state index contributed by atoms with van der Waals surface area (Å²) in [5.41, 5.74) is 2.59. The summed E-state index contributed by atoms with van der Waals surface area (Å²) in [6.07, 6.45) is 11.0. The van der Waals surface area contributed by atoms with Crippen LogP contribution in [0.15, 0.2) is 18.3 Å². The predicted molar refractivity (Wildman–Crippen MR) is 66.1 cm³/mol. The fourth-order valence-corrected chi connectivity index (χ4v) is 1.72. The minimum Gasteiger partial charge on any atom is -0.261 e. The maximum atomic E-state index is 4.47. The summed E-state index contributed by atoms with van der Waals surface area (Å²) >= 11 is 0. The van der Waals surface area contributed by atoms with Crippen LogP contribution >= 0.6 is 0 Å². The monoisotopic (exact) mass is 205 g/mol. The lowest BCUT2D eigenvalue weighted by atomic mass is 10.1. The fraction of sp³-hybridized carbons (Fsp3) is 0.643. The van der Waals surface area contributed by atoms with Gasteiger partial charge in [-0.05, 0) is 30.9 Å². The third-order valence-electron chi connectivity index (χ3n) is 2.83. The van der Waals surface area contributed by atoms with Crippen molar-refractivity contribution in [2.75, 3.05) is 0 Å². The quantitative estimate of drug-likeness (QED) is 0.609. The number of nitrogens with zero attached hydrogens (tertiary/aromatic N) is 1. The Bertz CT molecular complexity index is 251. The average molecular weight is 205 g/mol. The number of aromatic nitrogens is 1. The Morgan fingerprint density at radius 2 is 1.80 bits per heavy atom. The first kappa shape index (κ1) is 12.2. The fourth-order valence-electron chi connectivity index (χ4n) is 1.72. The van der Waals surface area contributed by atoms with Crippen molar-refractivity contribution in [3.63, 3.8) is 0 Å². The molecule has 1 heteroatoms. The first-order valence-electron chi connectivity index (χ1n) is 6.30. The number of unbranched alkanes of at least 4 members (excludes halogenated alkanes) is 4. The molecule has 0 aliphatic rings. The second-order valence-electron chi connectivity index (χ2n) is 4.18. The van der Waals surface area contributed by atoms with Crippen molar-refractivity contribution in [2.45, 2.75) is 58.8 Å². The zero-order valence-electron chi connectivity index (χ0n) is 10.1. The normalized spacial score (nSPS) is 10.5. The van der Waals surface area contributed by atoms with Crippen molar-refractivity contribution >= 4 is 0 Å². The summed E-state index contributed by atoms with van der Waals surface area (Å²) in [7, 11) is 0. The van der Waals surface area contributed by atoms with E-state index >= 15 is 0 Å². The molecule has 0 N–H and O–H groups in total. The smallest absolute Gasteiger partial charge is 0.0403 e. The van der Waals surface area contributed by atoms with E-state index in [1.807, 2.05) is 6.20 Å². The molecule has 15 heavy (non-hydrogen) atoms. The van der Waals surface area contributed by atoms with Crippen LogP contribution in [0.1, 0.15) is 57.2 Å². The summed E-state index contributed by atoms with van der Waals surface area (Å²) in [5.74, 6) is 0. The van der Waals surface area contributed by atoms with Gasteiger partial charge in [-0.2, -0.15) is 0 Å². The van der Waals surface area contributed by atoms with Gasteiger partial charge in [0.15, 0.2) is 0 Å². The first-order valence-corrected chi connectivity index (χ1v) is 6.30. The highest BCUT2D eigenvalue weighted by Crippen LogP contribution is 2.08. The highest BCUT2D eigenvalue weighted by molar-refractivity contribution is 5.13. The van der Waals surface area contributed by atoms with Crippen molar-refractivity contribution in [3.05, 3.63) is 29.6 Å².